The lowest BCUT2D eigenvalue weighted by Gasteiger charge is -2.30. The van der Waals surface area contributed by atoms with Crippen LogP contribution < -0.4 is 21.8 Å². The zero-order chi connectivity index (χ0) is 20.1. The molecule has 0 saturated carbocycles. The van der Waals surface area contributed by atoms with Gasteiger partial charge < -0.3 is 20.9 Å². The van der Waals surface area contributed by atoms with Gasteiger partial charge >= 0.3 is 0 Å². The molecule has 29 heavy (non-hydrogen) atoms. The van der Waals surface area contributed by atoms with E-state index < -0.39 is 0 Å². The van der Waals surface area contributed by atoms with Crippen molar-refractivity contribution in [1.82, 2.24) is 10.3 Å². The number of nitrogens with one attached hydrogen (secondary N) is 1. The van der Waals surface area contributed by atoms with Gasteiger partial charge in [0, 0.05) is 25.1 Å². The largest absolute Gasteiger partial charge is 0.488 e. The molecule has 2 aromatic rings. The van der Waals surface area contributed by atoms with Gasteiger partial charge in [0.05, 0.1) is 0 Å². The molecule has 0 bridgehead atoms. The molecule has 0 radical (unpaired) electrons. The monoisotopic (exact) mass is 391 g/mol. The molecule has 5 N–H and O–H groups in total. The summed E-state index contributed by atoms with van der Waals surface area (Å²) in [5.74, 6) is 12.3. The Labute approximate surface area is 172 Å². The number of benzene rings is 2. The molecule has 6 heteroatoms. The Morgan fingerprint density at radius 2 is 1.76 bits per heavy atom. The molecule has 2 aliphatic rings. The van der Waals surface area contributed by atoms with E-state index in [1.807, 2.05) is 0 Å². The fourth-order valence-corrected chi connectivity index (χ4v) is 4.31. The highest BCUT2D eigenvalue weighted by Crippen LogP contribution is 2.40. The van der Waals surface area contributed by atoms with Gasteiger partial charge in [-0.2, -0.15) is 5.10 Å². The standard InChI is InChI=1S/C23H29N5O/c24-26-22(27-25)10-5-13-28-14-11-17(12-15-28)23-19-7-2-1-6-18(19)16-29-21-9-4-3-8-20(21)23/h1-4,6-9H,5,10-16,24-25H2,(H,26,27). The molecule has 2 heterocycles. The Balaban J connectivity index is 1.54. The predicted molar refractivity (Wildman–Crippen MR) is 117 cm³/mol. The molecule has 0 unspecified atom stereocenters. The first-order valence-corrected chi connectivity index (χ1v) is 10.3. The summed E-state index contributed by atoms with van der Waals surface area (Å²) in [6.45, 7) is 3.78. The molecular weight excluding hydrogens is 362 g/mol. The number of rotatable bonds is 4. The fraction of sp³-hybridized carbons (Fsp3) is 0.348. The molecule has 1 fully saturated rings. The summed E-state index contributed by atoms with van der Waals surface area (Å²) in [4.78, 5) is 2.51. The van der Waals surface area contributed by atoms with Crippen LogP contribution >= 0.6 is 0 Å². The van der Waals surface area contributed by atoms with E-state index in [0.717, 1.165) is 51.1 Å². The number of hydrogen-bond acceptors (Lipinski definition) is 5. The van der Waals surface area contributed by atoms with Crippen molar-refractivity contribution in [3.63, 3.8) is 0 Å². The van der Waals surface area contributed by atoms with Gasteiger partial charge in [-0.05, 0) is 48.6 Å². The minimum absolute atomic E-state index is 0.621. The van der Waals surface area contributed by atoms with E-state index >= 15 is 0 Å². The van der Waals surface area contributed by atoms with Crippen LogP contribution in [0, 0.1) is 0 Å². The van der Waals surface area contributed by atoms with Crippen molar-refractivity contribution in [2.75, 3.05) is 19.6 Å². The molecule has 0 aliphatic carbocycles. The van der Waals surface area contributed by atoms with E-state index in [-0.39, 0.29) is 0 Å². The van der Waals surface area contributed by atoms with Gasteiger partial charge in [0.2, 0.25) is 0 Å². The molecule has 6 nitrogen and oxygen atoms in total. The molecule has 0 atom stereocenters. The molecule has 0 aromatic heterocycles. The predicted octanol–water partition coefficient (Wildman–Crippen LogP) is 2.99. The first kappa shape index (κ1) is 19.5. The summed E-state index contributed by atoms with van der Waals surface area (Å²) < 4.78 is 6.13. The van der Waals surface area contributed by atoms with Crippen molar-refractivity contribution in [2.45, 2.75) is 32.3 Å². The number of fused-ring (bicyclic) bond motifs is 2. The van der Waals surface area contributed by atoms with Crippen LogP contribution in [0.25, 0.3) is 5.57 Å². The highest BCUT2D eigenvalue weighted by atomic mass is 16.5. The summed E-state index contributed by atoms with van der Waals surface area (Å²) >= 11 is 0. The summed E-state index contributed by atoms with van der Waals surface area (Å²) in [5, 5.41) is 3.66. The van der Waals surface area contributed by atoms with Gasteiger partial charge in [0.1, 0.15) is 18.2 Å². The third kappa shape index (κ3) is 4.28. The van der Waals surface area contributed by atoms with Crippen LogP contribution in [-0.2, 0) is 6.61 Å². The number of amidine groups is 1. The van der Waals surface area contributed by atoms with Crippen LogP contribution in [0.1, 0.15) is 42.4 Å². The average Bonchev–Trinajstić information content (AvgIpc) is 2.94. The maximum Gasteiger partial charge on any atom is 0.135 e. The van der Waals surface area contributed by atoms with Crippen molar-refractivity contribution in [3.8, 4) is 5.75 Å². The third-order valence-electron chi connectivity index (χ3n) is 5.85. The van der Waals surface area contributed by atoms with Crippen molar-refractivity contribution in [3.05, 3.63) is 70.8 Å². The van der Waals surface area contributed by atoms with Gasteiger partial charge in [-0.25, -0.2) is 5.84 Å². The average molecular weight is 392 g/mol. The van der Waals surface area contributed by atoms with Gasteiger partial charge in [0.15, 0.2) is 0 Å². The number of piperidine rings is 1. The van der Waals surface area contributed by atoms with Crippen molar-refractivity contribution in [1.29, 1.82) is 0 Å². The summed E-state index contributed by atoms with van der Waals surface area (Å²) in [6.07, 6.45) is 3.91. The number of nitrogens with two attached hydrogens (primary N) is 2. The maximum absolute atomic E-state index is 6.13. The zero-order valence-corrected chi connectivity index (χ0v) is 16.7. The number of hydrazone groups is 1. The SMILES string of the molecule is N/N=C(/CCCN1CCC(=C2c3ccccc3COc3ccccc32)CC1)NN. The van der Waals surface area contributed by atoms with Crippen molar-refractivity contribution < 1.29 is 4.74 Å². The summed E-state index contributed by atoms with van der Waals surface area (Å²) in [7, 11) is 0. The van der Waals surface area contributed by atoms with Crippen LogP contribution in [0.3, 0.4) is 0 Å². The lowest BCUT2D eigenvalue weighted by atomic mass is 9.86. The lowest BCUT2D eigenvalue weighted by molar-refractivity contribution is 0.255. The highest BCUT2D eigenvalue weighted by molar-refractivity contribution is 5.87. The Morgan fingerprint density at radius 1 is 1.03 bits per heavy atom. The van der Waals surface area contributed by atoms with Gasteiger partial charge in [-0.15, -0.1) is 0 Å². The first-order chi connectivity index (χ1) is 14.3. The maximum atomic E-state index is 6.13. The minimum atomic E-state index is 0.621. The lowest BCUT2D eigenvalue weighted by Crippen LogP contribution is -2.34. The Kier molecular flexibility index (Phi) is 6.12. The molecular formula is C23H29N5O. The minimum Gasteiger partial charge on any atom is -0.488 e. The molecule has 4 rings (SSSR count). The van der Waals surface area contributed by atoms with E-state index in [0.29, 0.717) is 12.4 Å². The normalized spacial score (nSPS) is 17.2. The van der Waals surface area contributed by atoms with Crippen LogP contribution in [-0.4, -0.2) is 30.4 Å². The van der Waals surface area contributed by atoms with Crippen molar-refractivity contribution in [2.24, 2.45) is 16.8 Å². The van der Waals surface area contributed by atoms with Crippen molar-refractivity contribution >= 4 is 11.4 Å². The van der Waals surface area contributed by atoms with Gasteiger partial charge in [-0.1, -0.05) is 48.0 Å². The Hall–Kier alpha value is -2.83. The van der Waals surface area contributed by atoms with E-state index in [9.17, 15) is 0 Å². The van der Waals surface area contributed by atoms with Gasteiger partial charge in [0.25, 0.3) is 0 Å². The Bertz CT molecular complexity index is 861. The molecule has 2 aliphatic heterocycles. The summed E-state index contributed by atoms with van der Waals surface area (Å²) in [5.41, 5.74) is 9.25. The second-order valence-electron chi connectivity index (χ2n) is 7.59. The second kappa shape index (κ2) is 9.11. The van der Waals surface area contributed by atoms with Crippen LogP contribution in [0.4, 0.5) is 0 Å². The number of likely N-dealkylation sites (tertiary alicyclic amines) is 1. The number of nitrogens with zero attached hydrogens (tertiary/aromatic N) is 2. The molecule has 0 spiro atoms. The quantitative estimate of drug-likeness (QED) is 0.323. The van der Waals surface area contributed by atoms with Gasteiger partial charge in [-0.3, -0.25) is 0 Å². The highest BCUT2D eigenvalue weighted by Gasteiger charge is 2.24. The third-order valence-corrected chi connectivity index (χ3v) is 5.85. The smallest absolute Gasteiger partial charge is 0.135 e. The van der Waals surface area contributed by atoms with E-state index in [1.54, 1.807) is 0 Å². The van der Waals surface area contributed by atoms with Crippen LogP contribution in [0.2, 0.25) is 0 Å². The number of ether oxygens (including phenoxy) is 1. The molecule has 1 saturated heterocycles. The molecule has 2 aromatic carbocycles. The van der Waals surface area contributed by atoms with Crippen LogP contribution in [0.5, 0.6) is 5.75 Å². The number of hydrogen-bond donors (Lipinski definition) is 3. The Morgan fingerprint density at radius 3 is 2.52 bits per heavy atom. The summed E-state index contributed by atoms with van der Waals surface area (Å²) in [6, 6.07) is 17.1. The van der Waals surface area contributed by atoms with E-state index in [4.69, 9.17) is 16.4 Å². The van der Waals surface area contributed by atoms with E-state index in [2.05, 4.69) is 64.0 Å². The first-order valence-electron chi connectivity index (χ1n) is 10.3. The zero-order valence-electron chi connectivity index (χ0n) is 16.7. The molecule has 0 amide bonds. The topological polar surface area (TPSA) is 88.9 Å². The fourth-order valence-electron chi connectivity index (χ4n) is 4.31. The van der Waals surface area contributed by atoms with Crippen LogP contribution in [0.15, 0.2) is 59.2 Å². The molecule has 152 valence electrons. The number of para-hydroxylation sites is 1. The second-order valence-corrected chi connectivity index (χ2v) is 7.59. The van der Waals surface area contributed by atoms with E-state index in [1.165, 1.54) is 27.8 Å². The number of hydrazine groups is 1.